The minimum Gasteiger partial charge on any atom is -0.0806 e. The zero-order valence-electron chi connectivity index (χ0n) is 9.48. The molecule has 74 valence electrons. The van der Waals surface area contributed by atoms with E-state index in [0.717, 1.165) is 0 Å². The molecule has 0 fully saturated rings. The van der Waals surface area contributed by atoms with Gasteiger partial charge >= 0.3 is 0 Å². The minimum atomic E-state index is -1.02. The van der Waals surface area contributed by atoms with Crippen LogP contribution in [0.15, 0.2) is 22.9 Å². The largest absolute Gasteiger partial charge is 0.0806 e. The molecule has 0 heterocycles. The Morgan fingerprint density at radius 3 is 2.54 bits per heavy atom. The molecule has 0 saturated carbocycles. The van der Waals surface area contributed by atoms with Crippen LogP contribution < -0.4 is 0 Å². The van der Waals surface area contributed by atoms with Gasteiger partial charge in [0.25, 0.3) is 0 Å². The van der Waals surface area contributed by atoms with E-state index in [1.54, 1.807) is 10.8 Å². The quantitative estimate of drug-likeness (QED) is 0.585. The summed E-state index contributed by atoms with van der Waals surface area (Å²) in [5.74, 6) is 0. The Bertz CT molecular complexity index is 228. The molecule has 0 radical (unpaired) electrons. The first-order valence-corrected chi connectivity index (χ1v) is 8.94. The predicted molar refractivity (Wildman–Crippen MR) is 63.7 cm³/mol. The average Bonchev–Trinajstić information content (AvgIpc) is 2.47. The molecule has 0 amide bonds. The summed E-state index contributed by atoms with van der Waals surface area (Å²) in [6, 6.07) is 0. The standard InChI is InChI=1S/C12H22Si/c1-5-6-8-11-9-7-10-12(11)13(2,3)4/h7,9H,5-6,8,10H2,1-4H3. The molecule has 0 bridgehead atoms. The monoisotopic (exact) mass is 194 g/mol. The first-order valence-electron chi connectivity index (χ1n) is 5.44. The first-order chi connectivity index (χ1) is 6.05. The Morgan fingerprint density at radius 2 is 2.00 bits per heavy atom. The summed E-state index contributed by atoms with van der Waals surface area (Å²) in [5, 5.41) is 1.79. The maximum absolute atomic E-state index is 2.46. The average molecular weight is 194 g/mol. The highest BCUT2D eigenvalue weighted by molar-refractivity contribution is 6.83. The second kappa shape index (κ2) is 4.27. The molecule has 0 aromatic carbocycles. The van der Waals surface area contributed by atoms with Crippen molar-refractivity contribution in [2.24, 2.45) is 0 Å². The fourth-order valence-corrected chi connectivity index (χ4v) is 3.84. The summed E-state index contributed by atoms with van der Waals surface area (Å²) in [4.78, 5) is 0. The lowest BCUT2D eigenvalue weighted by molar-refractivity contribution is 0.796. The molecular formula is C12H22Si. The summed E-state index contributed by atoms with van der Waals surface area (Å²) >= 11 is 0. The van der Waals surface area contributed by atoms with Crippen molar-refractivity contribution in [3.05, 3.63) is 22.9 Å². The maximum atomic E-state index is 2.46. The van der Waals surface area contributed by atoms with Crippen molar-refractivity contribution in [2.45, 2.75) is 52.2 Å². The Hall–Kier alpha value is -0.303. The summed E-state index contributed by atoms with van der Waals surface area (Å²) in [7, 11) is -1.02. The number of hydrogen-bond acceptors (Lipinski definition) is 0. The van der Waals surface area contributed by atoms with E-state index in [9.17, 15) is 0 Å². The Balaban J connectivity index is 2.70. The maximum Gasteiger partial charge on any atom is 0.0732 e. The fourth-order valence-electron chi connectivity index (χ4n) is 1.94. The zero-order valence-corrected chi connectivity index (χ0v) is 10.5. The number of hydrogen-bond donors (Lipinski definition) is 0. The molecule has 1 aliphatic rings. The van der Waals surface area contributed by atoms with Crippen LogP contribution in [0, 0.1) is 0 Å². The number of allylic oxidation sites excluding steroid dienone is 4. The van der Waals surface area contributed by atoms with E-state index in [1.165, 1.54) is 25.7 Å². The highest BCUT2D eigenvalue weighted by atomic mass is 28.3. The van der Waals surface area contributed by atoms with E-state index < -0.39 is 8.07 Å². The van der Waals surface area contributed by atoms with Gasteiger partial charge in [-0.3, -0.25) is 0 Å². The third kappa shape index (κ3) is 2.83. The van der Waals surface area contributed by atoms with E-state index in [-0.39, 0.29) is 0 Å². The van der Waals surface area contributed by atoms with Crippen molar-refractivity contribution in [1.29, 1.82) is 0 Å². The van der Waals surface area contributed by atoms with Crippen LogP contribution in [0.25, 0.3) is 0 Å². The Kier molecular flexibility index (Phi) is 3.54. The Labute approximate surface area is 83.7 Å². The van der Waals surface area contributed by atoms with Crippen LogP contribution in [-0.2, 0) is 0 Å². The van der Waals surface area contributed by atoms with Crippen LogP contribution in [-0.4, -0.2) is 8.07 Å². The van der Waals surface area contributed by atoms with Gasteiger partial charge in [0.05, 0.1) is 8.07 Å². The smallest absolute Gasteiger partial charge is 0.0732 e. The van der Waals surface area contributed by atoms with Crippen molar-refractivity contribution < 1.29 is 0 Å². The molecule has 0 atom stereocenters. The fraction of sp³-hybridized carbons (Fsp3) is 0.667. The summed E-state index contributed by atoms with van der Waals surface area (Å²) in [6.45, 7) is 9.65. The van der Waals surface area contributed by atoms with Crippen molar-refractivity contribution in [3.63, 3.8) is 0 Å². The molecule has 0 nitrogen and oxygen atoms in total. The normalized spacial score (nSPS) is 17.2. The third-order valence-electron chi connectivity index (χ3n) is 2.73. The van der Waals surface area contributed by atoms with Crippen LogP contribution in [0.5, 0.6) is 0 Å². The lowest BCUT2D eigenvalue weighted by atomic mass is 10.1. The lowest BCUT2D eigenvalue weighted by Gasteiger charge is -2.20. The second-order valence-corrected chi connectivity index (χ2v) is 10.1. The third-order valence-corrected chi connectivity index (χ3v) is 5.07. The van der Waals surface area contributed by atoms with E-state index in [1.807, 2.05) is 0 Å². The van der Waals surface area contributed by atoms with E-state index >= 15 is 0 Å². The first kappa shape index (κ1) is 10.8. The van der Waals surface area contributed by atoms with Gasteiger partial charge in [-0.25, -0.2) is 0 Å². The van der Waals surface area contributed by atoms with Crippen molar-refractivity contribution in [1.82, 2.24) is 0 Å². The van der Waals surface area contributed by atoms with Gasteiger partial charge in [-0.15, -0.1) is 0 Å². The van der Waals surface area contributed by atoms with E-state index in [0.29, 0.717) is 0 Å². The number of rotatable bonds is 4. The van der Waals surface area contributed by atoms with Gasteiger partial charge in [-0.2, -0.15) is 0 Å². The molecule has 1 rings (SSSR count). The van der Waals surface area contributed by atoms with Crippen LogP contribution in [0.1, 0.15) is 32.6 Å². The van der Waals surface area contributed by atoms with Crippen LogP contribution >= 0.6 is 0 Å². The molecule has 0 aromatic heterocycles. The highest BCUT2D eigenvalue weighted by Gasteiger charge is 2.23. The van der Waals surface area contributed by atoms with Crippen molar-refractivity contribution >= 4 is 8.07 Å². The summed E-state index contributed by atoms with van der Waals surface area (Å²) in [5.41, 5.74) is 1.67. The zero-order chi connectivity index (χ0) is 9.90. The van der Waals surface area contributed by atoms with Gasteiger partial charge in [0.15, 0.2) is 0 Å². The molecule has 13 heavy (non-hydrogen) atoms. The van der Waals surface area contributed by atoms with Crippen LogP contribution in [0.3, 0.4) is 0 Å². The molecule has 0 saturated heterocycles. The highest BCUT2D eigenvalue weighted by Crippen LogP contribution is 2.30. The lowest BCUT2D eigenvalue weighted by Crippen LogP contribution is -2.24. The van der Waals surface area contributed by atoms with Crippen molar-refractivity contribution in [3.8, 4) is 0 Å². The molecule has 0 unspecified atom stereocenters. The van der Waals surface area contributed by atoms with Gasteiger partial charge in [0.2, 0.25) is 0 Å². The molecule has 0 N–H and O–H groups in total. The van der Waals surface area contributed by atoms with Crippen LogP contribution in [0.4, 0.5) is 0 Å². The molecule has 0 aromatic rings. The molecule has 1 aliphatic carbocycles. The SMILES string of the molecule is CCCCC1=C([Si](C)(C)C)CC=C1. The predicted octanol–water partition coefficient (Wildman–Crippen LogP) is 4.31. The van der Waals surface area contributed by atoms with Gasteiger partial charge in [-0.05, 0) is 19.3 Å². The van der Waals surface area contributed by atoms with Gasteiger partial charge in [0, 0.05) is 0 Å². The molecule has 0 aliphatic heterocycles. The van der Waals surface area contributed by atoms with E-state index in [2.05, 4.69) is 38.7 Å². The number of unbranched alkanes of at least 4 members (excludes halogenated alkanes) is 1. The summed E-state index contributed by atoms with van der Waals surface area (Å²) < 4.78 is 0. The minimum absolute atomic E-state index is 1.02. The molecule has 0 spiro atoms. The van der Waals surface area contributed by atoms with Gasteiger partial charge < -0.3 is 0 Å². The van der Waals surface area contributed by atoms with Crippen LogP contribution in [0.2, 0.25) is 19.6 Å². The van der Waals surface area contributed by atoms with E-state index in [4.69, 9.17) is 0 Å². The van der Waals surface area contributed by atoms with Gasteiger partial charge in [-0.1, -0.05) is 55.9 Å². The van der Waals surface area contributed by atoms with Crippen molar-refractivity contribution in [2.75, 3.05) is 0 Å². The summed E-state index contributed by atoms with van der Waals surface area (Å²) in [6.07, 6.45) is 9.94. The second-order valence-electron chi connectivity index (χ2n) is 4.96. The molecule has 1 heteroatoms. The molecular weight excluding hydrogens is 172 g/mol. The van der Waals surface area contributed by atoms with Gasteiger partial charge in [0.1, 0.15) is 0 Å². The Morgan fingerprint density at radius 1 is 1.31 bits per heavy atom. The topological polar surface area (TPSA) is 0 Å².